The van der Waals surface area contributed by atoms with Gasteiger partial charge in [-0.05, 0) is 82.0 Å². The summed E-state index contributed by atoms with van der Waals surface area (Å²) in [6, 6.07) is 34.4. The molecule has 0 saturated carbocycles. The van der Waals surface area contributed by atoms with Crippen molar-refractivity contribution in [3.05, 3.63) is 120 Å². The number of rotatable bonds is 7. The molecule has 1 saturated heterocycles. The highest BCUT2D eigenvalue weighted by molar-refractivity contribution is 6.00. The summed E-state index contributed by atoms with van der Waals surface area (Å²) >= 11 is 0. The van der Waals surface area contributed by atoms with Gasteiger partial charge in [-0.15, -0.1) is 10.2 Å². The van der Waals surface area contributed by atoms with Crippen LogP contribution in [0.15, 0.2) is 103 Å². The van der Waals surface area contributed by atoms with Gasteiger partial charge in [0.05, 0.1) is 11.7 Å². The molecule has 1 unspecified atom stereocenters. The predicted octanol–water partition coefficient (Wildman–Crippen LogP) is 7.95. The van der Waals surface area contributed by atoms with Gasteiger partial charge in [-0.3, -0.25) is 0 Å². The van der Waals surface area contributed by atoms with E-state index in [1.165, 1.54) is 34.3 Å². The van der Waals surface area contributed by atoms with Crippen LogP contribution in [0.3, 0.4) is 0 Å². The number of allylic oxidation sites excluding steroid dienone is 1. The van der Waals surface area contributed by atoms with Crippen LogP contribution in [0.2, 0.25) is 0 Å². The maximum absolute atomic E-state index is 6.05. The smallest absolute Gasteiger partial charge is 0.205 e. The largest absolute Gasteiger partial charge is 0.356 e. The zero-order chi connectivity index (χ0) is 28.3. The molecule has 1 atom stereocenters. The van der Waals surface area contributed by atoms with Crippen molar-refractivity contribution in [2.45, 2.75) is 38.8 Å². The van der Waals surface area contributed by atoms with Gasteiger partial charge in [-0.2, -0.15) is 10.3 Å². The summed E-state index contributed by atoms with van der Waals surface area (Å²) in [4.78, 5) is 0. The first-order valence-electron chi connectivity index (χ1n) is 14.6. The van der Waals surface area contributed by atoms with E-state index in [2.05, 4.69) is 111 Å². The molecule has 0 amide bonds. The minimum absolute atomic E-state index is 0.00973. The van der Waals surface area contributed by atoms with Gasteiger partial charge in [0.2, 0.25) is 5.82 Å². The second-order valence-corrected chi connectivity index (χ2v) is 10.6. The lowest BCUT2D eigenvalue weighted by molar-refractivity contribution is -0.0366. The Labute approximate surface area is 244 Å². The van der Waals surface area contributed by atoms with Crippen molar-refractivity contribution in [1.29, 1.82) is 0 Å². The standard InChI is InChI=1S/C35H32N6O/c1-2-29(24-10-4-3-5-11-24)34(27-19-20-32-28(22-27)23-36-41(32)33-14-8-9-21-42-33)26-17-15-25(16-18-26)30-12-6-7-13-31(30)35-37-39-40-38-35/h3-7,10-13,15-20,22-23,33H,2,8-9,14,21H2,1H3,(H,37,38,39,40)/b34-29+. The quantitative estimate of drug-likeness (QED) is 0.203. The zero-order valence-corrected chi connectivity index (χ0v) is 23.6. The van der Waals surface area contributed by atoms with E-state index in [0.717, 1.165) is 53.5 Å². The predicted molar refractivity (Wildman–Crippen MR) is 166 cm³/mol. The SMILES string of the molecule is CC/C(=C(/c1ccc(-c2ccccc2-c2nn[nH]n2)cc1)c1ccc2c(cnn2C2CCCCO2)c1)c1ccccc1. The van der Waals surface area contributed by atoms with Gasteiger partial charge >= 0.3 is 0 Å². The highest BCUT2D eigenvalue weighted by Crippen LogP contribution is 2.38. The molecular formula is C35H32N6O. The minimum Gasteiger partial charge on any atom is -0.356 e. The van der Waals surface area contributed by atoms with Crippen LogP contribution in [-0.2, 0) is 4.74 Å². The Morgan fingerprint density at radius 3 is 2.38 bits per heavy atom. The number of hydrogen-bond acceptors (Lipinski definition) is 5. The van der Waals surface area contributed by atoms with Crippen molar-refractivity contribution in [2.75, 3.05) is 6.61 Å². The van der Waals surface area contributed by atoms with Crippen molar-refractivity contribution in [3.8, 4) is 22.5 Å². The van der Waals surface area contributed by atoms with Crippen molar-refractivity contribution in [1.82, 2.24) is 30.4 Å². The molecule has 4 aromatic carbocycles. The molecule has 6 aromatic rings. The lowest BCUT2D eigenvalue weighted by atomic mass is 9.87. The number of tetrazole rings is 1. The maximum Gasteiger partial charge on any atom is 0.205 e. The van der Waals surface area contributed by atoms with E-state index in [1.807, 2.05) is 24.4 Å². The average molecular weight is 553 g/mol. The van der Waals surface area contributed by atoms with E-state index in [0.29, 0.717) is 5.82 Å². The number of benzene rings is 4. The molecule has 1 fully saturated rings. The Kier molecular flexibility index (Phi) is 7.16. The molecule has 0 spiro atoms. The minimum atomic E-state index is 0.00973. The van der Waals surface area contributed by atoms with Gasteiger partial charge in [0.15, 0.2) is 6.23 Å². The van der Waals surface area contributed by atoms with Crippen molar-refractivity contribution >= 4 is 22.0 Å². The van der Waals surface area contributed by atoms with Crippen molar-refractivity contribution in [3.63, 3.8) is 0 Å². The molecule has 1 aliphatic rings. The van der Waals surface area contributed by atoms with Crippen LogP contribution in [0.25, 0.3) is 44.6 Å². The summed E-state index contributed by atoms with van der Waals surface area (Å²) in [5.74, 6) is 0.583. The van der Waals surface area contributed by atoms with Gasteiger partial charge in [0.1, 0.15) is 0 Å². The molecule has 1 N–H and O–H groups in total. The van der Waals surface area contributed by atoms with Crippen LogP contribution < -0.4 is 0 Å². The highest BCUT2D eigenvalue weighted by atomic mass is 16.5. The second-order valence-electron chi connectivity index (χ2n) is 10.6. The Balaban J connectivity index is 1.33. The molecule has 7 nitrogen and oxygen atoms in total. The summed E-state index contributed by atoms with van der Waals surface area (Å²) < 4.78 is 8.10. The van der Waals surface area contributed by atoms with Crippen LogP contribution >= 0.6 is 0 Å². The number of ether oxygens (including phenoxy) is 1. The van der Waals surface area contributed by atoms with Gasteiger partial charge < -0.3 is 4.74 Å². The summed E-state index contributed by atoms with van der Waals surface area (Å²) in [6.45, 7) is 3.03. The zero-order valence-electron chi connectivity index (χ0n) is 23.6. The number of H-pyrrole nitrogens is 1. The maximum atomic E-state index is 6.05. The highest BCUT2D eigenvalue weighted by Gasteiger charge is 2.20. The molecule has 0 bridgehead atoms. The Hall–Kier alpha value is -4.88. The molecule has 42 heavy (non-hydrogen) atoms. The fourth-order valence-electron chi connectivity index (χ4n) is 6.06. The first kappa shape index (κ1) is 26.0. The van der Waals surface area contributed by atoms with Gasteiger partial charge in [-0.25, -0.2) is 4.68 Å². The summed E-state index contributed by atoms with van der Waals surface area (Å²) in [5.41, 5.74) is 10.3. The normalized spacial score (nSPS) is 16.0. The van der Waals surface area contributed by atoms with Crippen molar-refractivity contribution in [2.24, 2.45) is 0 Å². The molecular weight excluding hydrogens is 520 g/mol. The molecule has 208 valence electrons. The van der Waals surface area contributed by atoms with Crippen LogP contribution in [0.4, 0.5) is 0 Å². The van der Waals surface area contributed by atoms with E-state index in [1.54, 1.807) is 0 Å². The number of fused-ring (bicyclic) bond motifs is 1. The first-order valence-corrected chi connectivity index (χ1v) is 14.6. The monoisotopic (exact) mass is 552 g/mol. The van der Waals surface area contributed by atoms with Crippen LogP contribution in [0, 0.1) is 0 Å². The van der Waals surface area contributed by atoms with E-state index in [9.17, 15) is 0 Å². The van der Waals surface area contributed by atoms with Crippen LogP contribution in [0.5, 0.6) is 0 Å². The third-order valence-corrected chi connectivity index (χ3v) is 8.09. The topological polar surface area (TPSA) is 81.5 Å². The van der Waals surface area contributed by atoms with E-state index in [-0.39, 0.29) is 6.23 Å². The van der Waals surface area contributed by atoms with E-state index < -0.39 is 0 Å². The van der Waals surface area contributed by atoms with Gasteiger partial charge in [0.25, 0.3) is 0 Å². The molecule has 0 radical (unpaired) electrons. The third-order valence-electron chi connectivity index (χ3n) is 8.09. The van der Waals surface area contributed by atoms with Crippen LogP contribution in [0.1, 0.15) is 55.5 Å². The lowest BCUT2D eigenvalue weighted by Gasteiger charge is -2.23. The number of nitrogens with zero attached hydrogens (tertiary/aromatic N) is 5. The molecule has 7 rings (SSSR count). The average Bonchev–Trinajstić information content (AvgIpc) is 3.75. The number of aromatic nitrogens is 6. The fraction of sp³-hybridized carbons (Fsp3) is 0.200. The van der Waals surface area contributed by atoms with Crippen molar-refractivity contribution < 1.29 is 4.74 Å². The number of nitrogens with one attached hydrogen (secondary N) is 1. The van der Waals surface area contributed by atoms with Gasteiger partial charge in [-0.1, -0.05) is 91.9 Å². The summed E-state index contributed by atoms with van der Waals surface area (Å²) in [6.07, 6.45) is 6.17. The Morgan fingerprint density at radius 1 is 0.857 bits per heavy atom. The summed E-state index contributed by atoms with van der Waals surface area (Å²) in [7, 11) is 0. The summed E-state index contributed by atoms with van der Waals surface area (Å²) in [5, 5.41) is 20.6. The third kappa shape index (κ3) is 4.92. The molecule has 1 aliphatic heterocycles. The van der Waals surface area contributed by atoms with Gasteiger partial charge in [0, 0.05) is 17.6 Å². The molecule has 2 aromatic heterocycles. The lowest BCUT2D eigenvalue weighted by Crippen LogP contribution is -2.18. The molecule has 0 aliphatic carbocycles. The van der Waals surface area contributed by atoms with Crippen LogP contribution in [-0.4, -0.2) is 37.0 Å². The Bertz CT molecular complexity index is 1830. The number of aromatic amines is 1. The molecule has 3 heterocycles. The second kappa shape index (κ2) is 11.5. The fourth-order valence-corrected chi connectivity index (χ4v) is 6.06. The number of hydrogen-bond donors (Lipinski definition) is 1. The first-order chi connectivity index (χ1) is 20.8. The van der Waals surface area contributed by atoms with E-state index >= 15 is 0 Å². The molecule has 7 heteroatoms. The Morgan fingerprint density at radius 2 is 1.64 bits per heavy atom. The van der Waals surface area contributed by atoms with E-state index in [4.69, 9.17) is 9.84 Å².